The molecule has 1 rings (SSSR count). The predicted octanol–water partition coefficient (Wildman–Crippen LogP) is 4.07. The second-order valence-electron chi connectivity index (χ2n) is 4.23. The van der Waals surface area contributed by atoms with Crippen LogP contribution in [0, 0.1) is 0 Å². The number of benzene rings is 1. The summed E-state index contributed by atoms with van der Waals surface area (Å²) in [4.78, 5) is 4.46. The van der Waals surface area contributed by atoms with Crippen molar-refractivity contribution in [3.63, 3.8) is 0 Å². The maximum Gasteiger partial charge on any atom is 0.289 e. The van der Waals surface area contributed by atoms with Gasteiger partial charge in [0.1, 0.15) is 0 Å². The van der Waals surface area contributed by atoms with Crippen molar-refractivity contribution in [1.29, 1.82) is 0 Å². The van der Waals surface area contributed by atoms with Gasteiger partial charge < -0.3 is 10.1 Å². The van der Waals surface area contributed by atoms with Gasteiger partial charge >= 0.3 is 0 Å². The number of unbranched alkanes of at least 4 members (excludes halogenated alkanes) is 2. The van der Waals surface area contributed by atoms with Crippen LogP contribution in [0.2, 0.25) is 0 Å². The van der Waals surface area contributed by atoms with Crippen LogP contribution in [0.25, 0.3) is 0 Å². The summed E-state index contributed by atoms with van der Waals surface area (Å²) in [7, 11) is 0. The van der Waals surface area contributed by atoms with Crippen LogP contribution in [0.4, 0.5) is 5.69 Å². The lowest BCUT2D eigenvalue weighted by Gasteiger charge is -2.11. The summed E-state index contributed by atoms with van der Waals surface area (Å²) in [6.45, 7) is 5.86. The molecule has 0 aliphatic carbocycles. The number of para-hydroxylation sites is 1. The Kier molecular flexibility index (Phi) is 7.69. The Hall–Kier alpha value is -1.51. The Balaban J connectivity index is 2.50. The van der Waals surface area contributed by atoms with Gasteiger partial charge in [-0.25, -0.2) is 4.99 Å². The van der Waals surface area contributed by atoms with E-state index in [0.717, 1.165) is 44.5 Å². The fraction of sp³-hybridized carbons (Fsp3) is 0.533. The number of hydrogen-bond acceptors (Lipinski definition) is 2. The minimum Gasteiger partial charge on any atom is -0.465 e. The van der Waals surface area contributed by atoms with E-state index in [4.69, 9.17) is 4.74 Å². The molecule has 0 unspecified atom stereocenters. The van der Waals surface area contributed by atoms with E-state index in [1.54, 1.807) is 0 Å². The molecule has 0 heterocycles. The molecule has 0 saturated carbocycles. The number of nitrogens with one attached hydrogen (secondary N) is 1. The lowest BCUT2D eigenvalue weighted by atomic mass is 10.3. The summed E-state index contributed by atoms with van der Waals surface area (Å²) in [5.41, 5.74) is 1.02. The number of nitrogens with zero attached hydrogens (tertiary/aromatic N) is 1. The smallest absolute Gasteiger partial charge is 0.289 e. The Labute approximate surface area is 110 Å². The summed E-state index contributed by atoms with van der Waals surface area (Å²) in [6, 6.07) is 10.7. The highest BCUT2D eigenvalue weighted by Gasteiger charge is 2.00. The molecule has 3 heteroatoms. The maximum atomic E-state index is 5.67. The zero-order valence-electron chi connectivity index (χ0n) is 11.5. The zero-order valence-corrected chi connectivity index (χ0v) is 11.5. The first-order valence-corrected chi connectivity index (χ1v) is 6.86. The van der Waals surface area contributed by atoms with Crippen molar-refractivity contribution < 1.29 is 4.74 Å². The molecule has 1 N–H and O–H groups in total. The van der Waals surface area contributed by atoms with Gasteiger partial charge in [0.15, 0.2) is 0 Å². The van der Waals surface area contributed by atoms with Crippen LogP contribution >= 0.6 is 0 Å². The first kappa shape index (κ1) is 14.6. The number of amidine groups is 1. The van der Waals surface area contributed by atoms with Crippen LogP contribution in [-0.4, -0.2) is 19.2 Å². The minimum atomic E-state index is 0.642. The number of rotatable bonds is 7. The quantitative estimate of drug-likeness (QED) is 0.448. The van der Waals surface area contributed by atoms with Crippen molar-refractivity contribution in [3.8, 4) is 0 Å². The van der Waals surface area contributed by atoms with Crippen molar-refractivity contribution in [2.45, 2.75) is 39.5 Å². The van der Waals surface area contributed by atoms with E-state index >= 15 is 0 Å². The second-order valence-corrected chi connectivity index (χ2v) is 4.23. The third kappa shape index (κ3) is 6.28. The fourth-order valence-corrected chi connectivity index (χ4v) is 1.42. The van der Waals surface area contributed by atoms with E-state index in [-0.39, 0.29) is 0 Å². The molecule has 0 amide bonds. The normalized spacial score (nSPS) is 11.3. The van der Waals surface area contributed by atoms with Gasteiger partial charge in [-0.3, -0.25) is 0 Å². The van der Waals surface area contributed by atoms with E-state index in [0.29, 0.717) is 6.02 Å². The van der Waals surface area contributed by atoms with E-state index in [9.17, 15) is 0 Å². The average Bonchev–Trinajstić information content (AvgIpc) is 2.40. The van der Waals surface area contributed by atoms with Crippen molar-refractivity contribution in [1.82, 2.24) is 0 Å². The van der Waals surface area contributed by atoms with Gasteiger partial charge in [0, 0.05) is 12.2 Å². The van der Waals surface area contributed by atoms with Crippen molar-refractivity contribution >= 4 is 11.7 Å². The molecule has 0 aliphatic heterocycles. The molecule has 0 fully saturated rings. The van der Waals surface area contributed by atoms with Gasteiger partial charge in [-0.15, -0.1) is 0 Å². The third-order valence-corrected chi connectivity index (χ3v) is 2.53. The summed E-state index contributed by atoms with van der Waals surface area (Å²) in [5, 5.41) is 3.22. The van der Waals surface area contributed by atoms with Crippen molar-refractivity contribution in [2.24, 2.45) is 4.99 Å². The number of aliphatic imine (C=N–C) groups is 1. The molecule has 1 aromatic rings. The first-order chi connectivity index (χ1) is 8.86. The Bertz CT molecular complexity index is 336. The van der Waals surface area contributed by atoms with Crippen molar-refractivity contribution in [2.75, 3.05) is 18.5 Å². The molecular formula is C15H24N2O. The lowest BCUT2D eigenvalue weighted by Crippen LogP contribution is -2.17. The first-order valence-electron chi connectivity index (χ1n) is 6.86. The highest BCUT2D eigenvalue weighted by Crippen LogP contribution is 2.06. The molecule has 0 spiro atoms. The highest BCUT2D eigenvalue weighted by atomic mass is 16.5. The second kappa shape index (κ2) is 9.51. The Morgan fingerprint density at radius 2 is 1.83 bits per heavy atom. The van der Waals surface area contributed by atoms with Gasteiger partial charge in [-0.05, 0) is 25.0 Å². The monoisotopic (exact) mass is 248 g/mol. The van der Waals surface area contributed by atoms with Gasteiger partial charge in [0.05, 0.1) is 6.61 Å². The van der Waals surface area contributed by atoms with Gasteiger partial charge in [0.25, 0.3) is 6.02 Å². The van der Waals surface area contributed by atoms with Crippen LogP contribution in [0.5, 0.6) is 0 Å². The van der Waals surface area contributed by atoms with Crippen LogP contribution < -0.4 is 5.32 Å². The molecule has 3 nitrogen and oxygen atoms in total. The summed E-state index contributed by atoms with van der Waals surface area (Å²) >= 11 is 0. The molecule has 1 aromatic carbocycles. The van der Waals surface area contributed by atoms with Gasteiger partial charge in [0.2, 0.25) is 0 Å². The third-order valence-electron chi connectivity index (χ3n) is 2.53. The molecule has 0 bridgehead atoms. The van der Waals surface area contributed by atoms with Gasteiger partial charge in [-0.1, -0.05) is 44.9 Å². The molecule has 0 atom stereocenters. The maximum absolute atomic E-state index is 5.67. The van der Waals surface area contributed by atoms with Crippen LogP contribution in [0.1, 0.15) is 39.5 Å². The zero-order chi connectivity index (χ0) is 13.1. The molecular weight excluding hydrogens is 224 g/mol. The number of ether oxygens (including phenoxy) is 1. The summed E-state index contributed by atoms with van der Waals surface area (Å²) in [5.74, 6) is 0. The predicted molar refractivity (Wildman–Crippen MR) is 78.1 cm³/mol. The van der Waals surface area contributed by atoms with Crippen LogP contribution in [0.15, 0.2) is 35.3 Å². The van der Waals surface area contributed by atoms with E-state index in [1.165, 1.54) is 0 Å². The molecule has 18 heavy (non-hydrogen) atoms. The standard InChI is InChI=1S/C15H24N2O/c1-3-5-12-16-15(18-13-6-4-2)17-14-10-8-7-9-11-14/h7-11H,3-6,12-13H2,1-2H3,(H,16,17). The number of hydrogen-bond donors (Lipinski definition) is 1. The molecule has 100 valence electrons. The van der Waals surface area contributed by atoms with Crippen molar-refractivity contribution in [3.05, 3.63) is 30.3 Å². The molecule has 0 saturated heterocycles. The lowest BCUT2D eigenvalue weighted by molar-refractivity contribution is 0.294. The Morgan fingerprint density at radius 3 is 2.50 bits per heavy atom. The SMILES string of the molecule is CCCCN=C(Nc1ccccc1)OCCCC. The van der Waals surface area contributed by atoms with E-state index < -0.39 is 0 Å². The van der Waals surface area contributed by atoms with E-state index in [1.807, 2.05) is 30.3 Å². The van der Waals surface area contributed by atoms with Gasteiger partial charge in [-0.2, -0.15) is 0 Å². The topological polar surface area (TPSA) is 33.6 Å². The van der Waals surface area contributed by atoms with Crippen LogP contribution in [-0.2, 0) is 4.74 Å². The summed E-state index contributed by atoms with van der Waals surface area (Å²) < 4.78 is 5.67. The average molecular weight is 248 g/mol. The fourth-order valence-electron chi connectivity index (χ4n) is 1.42. The summed E-state index contributed by atoms with van der Waals surface area (Å²) in [6.07, 6.45) is 4.44. The molecule has 0 aliphatic rings. The van der Waals surface area contributed by atoms with Crippen LogP contribution in [0.3, 0.4) is 0 Å². The highest BCUT2D eigenvalue weighted by molar-refractivity contribution is 5.88. The molecule has 0 aromatic heterocycles. The number of anilines is 1. The minimum absolute atomic E-state index is 0.642. The Morgan fingerprint density at radius 1 is 1.11 bits per heavy atom. The van der Waals surface area contributed by atoms with E-state index in [2.05, 4.69) is 24.2 Å². The largest absolute Gasteiger partial charge is 0.465 e. The molecule has 0 radical (unpaired) electrons.